The van der Waals surface area contributed by atoms with Crippen molar-refractivity contribution in [1.29, 1.82) is 0 Å². The average molecular weight is 592 g/mol. The molecule has 8 nitrogen and oxygen atoms in total. The van der Waals surface area contributed by atoms with E-state index in [2.05, 4.69) is 15.0 Å². The fraction of sp³-hybridized carbons (Fsp3) is 0.286. The van der Waals surface area contributed by atoms with Crippen molar-refractivity contribution in [3.63, 3.8) is 0 Å². The minimum Gasteiger partial charge on any atom is -0.489 e. The van der Waals surface area contributed by atoms with Crippen LogP contribution in [0.25, 0.3) is 0 Å². The number of carbonyl (C=O) groups is 1. The lowest BCUT2D eigenvalue weighted by molar-refractivity contribution is -0.0515. The van der Waals surface area contributed by atoms with Crippen LogP contribution in [0.3, 0.4) is 0 Å². The molecular formula is C28H25Cl2F2N3O5. The van der Waals surface area contributed by atoms with Crippen molar-refractivity contribution in [1.82, 2.24) is 10.3 Å². The molecule has 1 aliphatic heterocycles. The molecule has 0 bridgehead atoms. The van der Waals surface area contributed by atoms with Gasteiger partial charge in [-0.25, -0.2) is 4.79 Å². The minimum atomic E-state index is -3.05. The van der Waals surface area contributed by atoms with Crippen molar-refractivity contribution < 1.29 is 27.8 Å². The maximum Gasteiger partial charge on any atom is 0.387 e. The number of H-pyrrole nitrogens is 1. The van der Waals surface area contributed by atoms with E-state index in [9.17, 15) is 18.4 Å². The third-order valence-electron chi connectivity index (χ3n) is 6.52. The predicted octanol–water partition coefficient (Wildman–Crippen LogP) is 6.05. The lowest BCUT2D eigenvalue weighted by Gasteiger charge is -2.22. The van der Waals surface area contributed by atoms with Gasteiger partial charge in [0.25, 0.3) is 5.56 Å². The number of aromatic nitrogens is 1. The van der Waals surface area contributed by atoms with Crippen LogP contribution in [0.4, 0.5) is 14.5 Å². The van der Waals surface area contributed by atoms with Crippen LogP contribution in [0.1, 0.15) is 40.4 Å². The largest absolute Gasteiger partial charge is 0.489 e. The molecule has 1 unspecified atom stereocenters. The van der Waals surface area contributed by atoms with E-state index in [1.165, 1.54) is 24.4 Å². The topological polar surface area (TPSA) is 92.9 Å². The Hall–Kier alpha value is -3.76. The Bertz CT molecular complexity index is 1460. The van der Waals surface area contributed by atoms with E-state index in [1.807, 2.05) is 17.3 Å². The molecule has 1 atom stereocenters. The number of nitrogens with zero attached hydrogens (tertiary/aromatic N) is 1. The quantitative estimate of drug-likeness (QED) is 0.262. The molecule has 210 valence electrons. The number of alkyl halides is 2. The van der Waals surface area contributed by atoms with Crippen LogP contribution in [0, 0.1) is 5.92 Å². The number of halogens is 4. The first kappa shape index (κ1) is 27.8. The highest BCUT2D eigenvalue weighted by atomic mass is 35.5. The lowest BCUT2D eigenvalue weighted by atomic mass is 10.0. The van der Waals surface area contributed by atoms with Gasteiger partial charge in [0, 0.05) is 36.3 Å². The van der Waals surface area contributed by atoms with Gasteiger partial charge in [-0.1, -0.05) is 29.3 Å². The van der Waals surface area contributed by atoms with Crippen molar-refractivity contribution in [2.75, 3.05) is 18.2 Å². The second-order valence-corrected chi connectivity index (χ2v) is 10.2. The number of esters is 1. The molecule has 2 heterocycles. The number of rotatable bonds is 11. The highest BCUT2D eigenvalue weighted by Crippen LogP contribution is 2.38. The summed E-state index contributed by atoms with van der Waals surface area (Å²) in [7, 11) is 0. The zero-order valence-corrected chi connectivity index (χ0v) is 22.6. The van der Waals surface area contributed by atoms with Gasteiger partial charge in [-0.3, -0.25) is 4.79 Å². The number of aromatic amines is 1. The number of hydrogen-bond acceptors (Lipinski definition) is 7. The fourth-order valence-electron chi connectivity index (χ4n) is 4.15. The maximum absolute atomic E-state index is 13.3. The molecule has 0 spiro atoms. The average Bonchev–Trinajstić information content (AvgIpc) is 3.61. The number of ether oxygens (including phenoxy) is 3. The summed E-state index contributed by atoms with van der Waals surface area (Å²) >= 11 is 12.6. The third-order valence-corrected chi connectivity index (χ3v) is 7.25. The van der Waals surface area contributed by atoms with Crippen LogP contribution >= 0.6 is 23.2 Å². The molecule has 12 heteroatoms. The van der Waals surface area contributed by atoms with Crippen LogP contribution in [0.2, 0.25) is 10.0 Å². The predicted molar refractivity (Wildman–Crippen MR) is 146 cm³/mol. The molecule has 5 rings (SSSR count). The van der Waals surface area contributed by atoms with Gasteiger partial charge in [0.2, 0.25) is 0 Å². The van der Waals surface area contributed by atoms with Gasteiger partial charge in [-0.2, -0.15) is 8.78 Å². The van der Waals surface area contributed by atoms with Crippen LogP contribution in [-0.2, 0) is 11.2 Å². The summed E-state index contributed by atoms with van der Waals surface area (Å²) < 4.78 is 42.4. The summed E-state index contributed by atoms with van der Waals surface area (Å²) in [6, 6.07) is 11.2. The molecule has 2 aromatic carbocycles. The van der Waals surface area contributed by atoms with Crippen molar-refractivity contribution >= 4 is 34.9 Å². The number of benzene rings is 2. The molecule has 0 radical (unpaired) electrons. The Labute approximate surface area is 238 Å². The zero-order valence-electron chi connectivity index (χ0n) is 21.0. The summed E-state index contributed by atoms with van der Waals surface area (Å²) in [5.41, 5.74) is 1.29. The zero-order chi connectivity index (χ0) is 28.2. The molecule has 1 aromatic heterocycles. The Morgan fingerprint density at radius 3 is 2.55 bits per heavy atom. The Morgan fingerprint density at radius 1 is 1.10 bits per heavy atom. The van der Waals surface area contributed by atoms with E-state index in [4.69, 9.17) is 32.7 Å². The van der Waals surface area contributed by atoms with Gasteiger partial charge < -0.3 is 29.4 Å². The Morgan fingerprint density at radius 2 is 1.88 bits per heavy atom. The van der Waals surface area contributed by atoms with Crippen molar-refractivity contribution in [3.8, 4) is 11.5 Å². The molecule has 0 amide bonds. The van der Waals surface area contributed by atoms with E-state index in [-0.39, 0.29) is 39.1 Å². The van der Waals surface area contributed by atoms with Crippen LogP contribution in [0.5, 0.6) is 11.5 Å². The summed E-state index contributed by atoms with van der Waals surface area (Å²) in [5, 5.41) is 3.10. The van der Waals surface area contributed by atoms with Gasteiger partial charge in [0.1, 0.15) is 11.1 Å². The second kappa shape index (κ2) is 12.2. The lowest BCUT2D eigenvalue weighted by Crippen LogP contribution is -2.20. The summed E-state index contributed by atoms with van der Waals surface area (Å²) in [4.78, 5) is 29.8. The fourth-order valence-corrected chi connectivity index (χ4v) is 4.66. The van der Waals surface area contributed by atoms with E-state index in [0.717, 1.165) is 18.5 Å². The molecule has 2 aliphatic rings. The smallest absolute Gasteiger partial charge is 0.387 e. The molecule has 0 saturated heterocycles. The van der Waals surface area contributed by atoms with Crippen LogP contribution < -0.4 is 25.2 Å². The van der Waals surface area contributed by atoms with E-state index < -0.39 is 24.2 Å². The Kier molecular flexibility index (Phi) is 8.46. The summed E-state index contributed by atoms with van der Waals surface area (Å²) in [6.45, 7) is -2.10. The molecule has 1 saturated carbocycles. The van der Waals surface area contributed by atoms with Gasteiger partial charge in [0.15, 0.2) is 11.5 Å². The summed E-state index contributed by atoms with van der Waals surface area (Å²) in [6.07, 6.45) is 5.92. The monoisotopic (exact) mass is 591 g/mol. The second-order valence-electron chi connectivity index (χ2n) is 9.39. The van der Waals surface area contributed by atoms with Gasteiger partial charge in [-0.15, -0.1) is 0 Å². The van der Waals surface area contributed by atoms with E-state index in [1.54, 1.807) is 24.3 Å². The van der Waals surface area contributed by atoms with Crippen LogP contribution in [-0.4, -0.2) is 30.8 Å². The molecule has 40 heavy (non-hydrogen) atoms. The number of anilines is 1. The maximum atomic E-state index is 13.3. The van der Waals surface area contributed by atoms with Gasteiger partial charge in [0.05, 0.1) is 23.9 Å². The van der Waals surface area contributed by atoms with Gasteiger partial charge >= 0.3 is 12.6 Å². The van der Waals surface area contributed by atoms with Crippen molar-refractivity contribution in [3.05, 3.63) is 98.2 Å². The van der Waals surface area contributed by atoms with Crippen molar-refractivity contribution in [2.45, 2.75) is 32.0 Å². The van der Waals surface area contributed by atoms with E-state index in [0.29, 0.717) is 24.8 Å². The highest BCUT2D eigenvalue weighted by Gasteiger charge is 2.26. The van der Waals surface area contributed by atoms with Crippen molar-refractivity contribution in [2.24, 2.45) is 5.92 Å². The minimum absolute atomic E-state index is 0.0627. The standard InChI is InChI=1S/C28H25Cl2F2N3O5/c29-21-13-34-26(36)25(30)20(21)12-23(39-27(37)17-3-6-19(7-4-17)35-10-9-33-15-35)18-5-8-22(40-28(31)32)24(11-18)38-14-16-1-2-16/h3-11,13,16,23,28,33H,1-2,12,14-15H2,(H,34,36). The molecule has 2 N–H and O–H groups in total. The molecule has 1 fully saturated rings. The molecular weight excluding hydrogens is 567 g/mol. The molecule has 1 aliphatic carbocycles. The normalized spacial score (nSPS) is 15.2. The first-order valence-electron chi connectivity index (χ1n) is 12.5. The van der Waals surface area contributed by atoms with Gasteiger partial charge in [-0.05, 0) is 60.7 Å². The third kappa shape index (κ3) is 6.68. The number of hydrogen-bond donors (Lipinski definition) is 2. The highest BCUT2D eigenvalue weighted by molar-refractivity contribution is 6.35. The number of nitrogens with one attached hydrogen (secondary N) is 2. The van der Waals surface area contributed by atoms with Crippen LogP contribution in [0.15, 0.2) is 65.9 Å². The Balaban J connectivity index is 1.45. The summed E-state index contributed by atoms with van der Waals surface area (Å²) in [5.74, 6) is -0.347. The first-order chi connectivity index (χ1) is 19.3. The SMILES string of the molecule is O=C(OC(Cc1c(Cl)c[nH]c(=O)c1Cl)c1ccc(OC(F)F)c(OCC2CC2)c1)c1ccc(N2C=CNC2)cc1. The van der Waals surface area contributed by atoms with E-state index >= 15 is 0 Å². The first-order valence-corrected chi connectivity index (χ1v) is 13.3. The number of carbonyl (C=O) groups excluding carboxylic acids is 1. The number of pyridine rings is 1. The molecule has 3 aromatic rings.